The Balaban J connectivity index is 0.00000225. The number of alkyl halides is 1. The lowest BCUT2D eigenvalue weighted by Crippen LogP contribution is -2.40. The Hall–Kier alpha value is 0.0900. The fraction of sp³-hybridized carbons (Fsp3) is 1.00. The van der Waals surface area contributed by atoms with Crippen molar-refractivity contribution in [3.63, 3.8) is 0 Å². The van der Waals surface area contributed by atoms with E-state index >= 15 is 0 Å². The molecule has 0 aromatic carbocycles. The molecule has 16 heavy (non-hydrogen) atoms. The van der Waals surface area contributed by atoms with Crippen LogP contribution >= 0.6 is 12.4 Å². The van der Waals surface area contributed by atoms with E-state index < -0.39 is 16.7 Å². The molecule has 0 amide bonds. The lowest BCUT2D eigenvalue weighted by atomic mass is 10.1. The zero-order valence-corrected chi connectivity index (χ0v) is 10.8. The van der Waals surface area contributed by atoms with Crippen LogP contribution in [0, 0.1) is 5.92 Å². The molecule has 7 heteroatoms. The number of sulfonamides is 1. The van der Waals surface area contributed by atoms with Gasteiger partial charge < -0.3 is 5.73 Å². The van der Waals surface area contributed by atoms with Crippen molar-refractivity contribution in [2.75, 3.05) is 19.0 Å². The van der Waals surface area contributed by atoms with E-state index in [9.17, 15) is 12.8 Å². The Kier molecular flexibility index (Phi) is 7.46. The maximum absolute atomic E-state index is 11.9. The molecule has 2 atom stereocenters. The first-order valence-corrected chi connectivity index (χ1v) is 7.00. The minimum Gasteiger partial charge on any atom is -0.330 e. The van der Waals surface area contributed by atoms with Gasteiger partial charge >= 0.3 is 0 Å². The molecule has 0 saturated heterocycles. The van der Waals surface area contributed by atoms with E-state index in [1.165, 1.54) is 0 Å². The van der Waals surface area contributed by atoms with Crippen LogP contribution in [0.4, 0.5) is 4.39 Å². The van der Waals surface area contributed by atoms with Crippen molar-refractivity contribution in [1.29, 1.82) is 0 Å². The highest BCUT2D eigenvalue weighted by atomic mass is 35.5. The summed E-state index contributed by atoms with van der Waals surface area (Å²) in [6.07, 6.45) is 2.90. The summed E-state index contributed by atoms with van der Waals surface area (Å²) < 4.78 is 37.5. The van der Waals surface area contributed by atoms with Gasteiger partial charge in [-0.05, 0) is 31.7 Å². The van der Waals surface area contributed by atoms with Gasteiger partial charge in [-0.1, -0.05) is 6.42 Å². The van der Waals surface area contributed by atoms with E-state index in [0.29, 0.717) is 6.54 Å². The molecule has 0 radical (unpaired) electrons. The van der Waals surface area contributed by atoms with Crippen LogP contribution in [0.25, 0.3) is 0 Å². The molecular formula is C9H20ClFN2O2S. The highest BCUT2D eigenvalue weighted by Gasteiger charge is 2.29. The molecule has 0 heterocycles. The lowest BCUT2D eigenvalue weighted by Gasteiger charge is -2.19. The molecule has 1 aliphatic rings. The Bertz CT molecular complexity index is 287. The minimum atomic E-state index is -3.32. The number of halogens is 2. The Morgan fingerprint density at radius 1 is 1.38 bits per heavy atom. The molecule has 1 fully saturated rings. The maximum atomic E-state index is 11.9. The molecule has 1 rings (SSSR count). The van der Waals surface area contributed by atoms with Crippen molar-refractivity contribution in [1.82, 2.24) is 4.72 Å². The molecule has 0 aromatic heterocycles. The summed E-state index contributed by atoms with van der Waals surface area (Å²) in [5, 5.41) is 0. The largest absolute Gasteiger partial charge is 0.330 e. The molecule has 0 bridgehead atoms. The van der Waals surface area contributed by atoms with E-state index in [1.54, 1.807) is 0 Å². The SMILES string of the molecule is Cl.NCC1CCCC1NS(=O)(=O)CCCF. The van der Waals surface area contributed by atoms with E-state index in [1.807, 2.05) is 0 Å². The van der Waals surface area contributed by atoms with Crippen molar-refractivity contribution < 1.29 is 12.8 Å². The predicted octanol–water partition coefficient (Wildman–Crippen LogP) is 0.815. The summed E-state index contributed by atoms with van der Waals surface area (Å²) in [5.41, 5.74) is 5.55. The second kappa shape index (κ2) is 7.42. The van der Waals surface area contributed by atoms with Crippen molar-refractivity contribution in [2.45, 2.75) is 31.7 Å². The lowest BCUT2D eigenvalue weighted by molar-refractivity contribution is 0.448. The summed E-state index contributed by atoms with van der Waals surface area (Å²) in [4.78, 5) is 0. The minimum absolute atomic E-state index is 0. The standard InChI is InChI=1S/C9H19FN2O2S.ClH/c10-5-2-6-15(13,14)12-9-4-1-3-8(9)7-11;/h8-9,12H,1-7,11H2;1H. The quantitative estimate of drug-likeness (QED) is 0.753. The van der Waals surface area contributed by atoms with Crippen LogP contribution in [0.5, 0.6) is 0 Å². The van der Waals surface area contributed by atoms with Crippen LogP contribution in [-0.4, -0.2) is 33.4 Å². The van der Waals surface area contributed by atoms with Gasteiger partial charge in [-0.2, -0.15) is 0 Å². The van der Waals surface area contributed by atoms with Crippen molar-refractivity contribution >= 4 is 22.4 Å². The van der Waals surface area contributed by atoms with Gasteiger partial charge in [-0.15, -0.1) is 12.4 Å². The third kappa shape index (κ3) is 4.95. The highest BCUT2D eigenvalue weighted by Crippen LogP contribution is 2.25. The normalized spacial score (nSPS) is 25.4. The number of hydrogen-bond donors (Lipinski definition) is 2. The Morgan fingerprint density at radius 3 is 2.62 bits per heavy atom. The first-order valence-electron chi connectivity index (χ1n) is 5.35. The second-order valence-electron chi connectivity index (χ2n) is 4.01. The monoisotopic (exact) mass is 274 g/mol. The molecule has 98 valence electrons. The zero-order chi connectivity index (χ0) is 11.3. The molecule has 0 aliphatic heterocycles. The molecule has 3 N–H and O–H groups in total. The van der Waals surface area contributed by atoms with Gasteiger partial charge in [-0.25, -0.2) is 13.1 Å². The van der Waals surface area contributed by atoms with Gasteiger partial charge in [0.25, 0.3) is 0 Å². The van der Waals surface area contributed by atoms with Gasteiger partial charge in [-0.3, -0.25) is 4.39 Å². The van der Waals surface area contributed by atoms with Gasteiger partial charge in [0.2, 0.25) is 10.0 Å². The van der Waals surface area contributed by atoms with E-state index in [0.717, 1.165) is 19.3 Å². The zero-order valence-electron chi connectivity index (χ0n) is 9.19. The summed E-state index contributed by atoms with van der Waals surface area (Å²) in [6.45, 7) is -0.0812. The first kappa shape index (κ1) is 16.1. The second-order valence-corrected chi connectivity index (χ2v) is 5.89. The topological polar surface area (TPSA) is 72.2 Å². The molecule has 0 aromatic rings. The Labute approximate surface area is 103 Å². The summed E-state index contributed by atoms with van der Waals surface area (Å²) >= 11 is 0. The number of hydrogen-bond acceptors (Lipinski definition) is 3. The molecule has 0 spiro atoms. The number of nitrogens with two attached hydrogens (primary N) is 1. The van der Waals surface area contributed by atoms with Crippen LogP contribution in [-0.2, 0) is 10.0 Å². The summed E-state index contributed by atoms with van der Waals surface area (Å²) in [6, 6.07) is -0.0420. The van der Waals surface area contributed by atoms with Crippen LogP contribution in [0.1, 0.15) is 25.7 Å². The smallest absolute Gasteiger partial charge is 0.211 e. The van der Waals surface area contributed by atoms with Crippen LogP contribution < -0.4 is 10.5 Å². The average molecular weight is 275 g/mol. The van der Waals surface area contributed by atoms with Crippen molar-refractivity contribution in [3.8, 4) is 0 Å². The maximum Gasteiger partial charge on any atom is 0.211 e. The fourth-order valence-corrected chi connectivity index (χ4v) is 3.39. The van der Waals surface area contributed by atoms with Crippen molar-refractivity contribution in [2.24, 2.45) is 11.7 Å². The van der Waals surface area contributed by atoms with E-state index in [4.69, 9.17) is 5.73 Å². The first-order chi connectivity index (χ1) is 7.09. The third-order valence-electron chi connectivity index (χ3n) is 2.84. The van der Waals surface area contributed by atoms with E-state index in [2.05, 4.69) is 4.72 Å². The highest BCUT2D eigenvalue weighted by molar-refractivity contribution is 7.89. The molecule has 1 aliphatic carbocycles. The van der Waals surface area contributed by atoms with Gasteiger partial charge in [0.15, 0.2) is 0 Å². The van der Waals surface area contributed by atoms with Crippen LogP contribution in [0.3, 0.4) is 0 Å². The molecule has 4 nitrogen and oxygen atoms in total. The van der Waals surface area contributed by atoms with Gasteiger partial charge in [0.05, 0.1) is 12.4 Å². The van der Waals surface area contributed by atoms with Gasteiger partial charge in [0.1, 0.15) is 0 Å². The average Bonchev–Trinajstić information content (AvgIpc) is 2.61. The fourth-order valence-electron chi connectivity index (χ4n) is 2.01. The predicted molar refractivity (Wildman–Crippen MR) is 64.9 cm³/mol. The molecule has 1 saturated carbocycles. The molecular weight excluding hydrogens is 255 g/mol. The Morgan fingerprint density at radius 2 is 2.06 bits per heavy atom. The summed E-state index contributed by atoms with van der Waals surface area (Å²) in [7, 11) is -3.32. The summed E-state index contributed by atoms with van der Waals surface area (Å²) in [5.74, 6) is 0.113. The van der Waals surface area contributed by atoms with Crippen molar-refractivity contribution in [3.05, 3.63) is 0 Å². The molecule has 2 unspecified atom stereocenters. The van der Waals surface area contributed by atoms with Crippen LogP contribution in [0.2, 0.25) is 0 Å². The van der Waals surface area contributed by atoms with Crippen LogP contribution in [0.15, 0.2) is 0 Å². The number of rotatable bonds is 6. The van der Waals surface area contributed by atoms with Gasteiger partial charge in [0, 0.05) is 6.04 Å². The number of nitrogens with one attached hydrogen (secondary N) is 1. The third-order valence-corrected chi connectivity index (χ3v) is 4.33. The van der Waals surface area contributed by atoms with E-state index in [-0.39, 0.29) is 36.5 Å².